The largest absolute Gasteiger partial charge is 0.312 e. The predicted molar refractivity (Wildman–Crippen MR) is 113 cm³/mol. The average Bonchev–Trinajstić information content (AvgIpc) is 3.51. The number of hydrogen-bond donors (Lipinski definition) is 0. The highest BCUT2D eigenvalue weighted by Gasteiger charge is 2.30. The van der Waals surface area contributed by atoms with Crippen molar-refractivity contribution in [3.8, 4) is 0 Å². The highest BCUT2D eigenvalue weighted by Crippen LogP contribution is 2.40. The molecule has 4 rings (SSSR count). The topological polar surface area (TPSA) is 51.0 Å². The Morgan fingerprint density at radius 3 is 2.52 bits per heavy atom. The molecule has 29 heavy (non-hydrogen) atoms. The van der Waals surface area contributed by atoms with Crippen molar-refractivity contribution in [2.24, 2.45) is 0 Å². The molecular formula is C22H23FN4OS. The summed E-state index contributed by atoms with van der Waals surface area (Å²) in [5.74, 6) is 1.39. The third-order valence-corrected chi connectivity index (χ3v) is 5.90. The van der Waals surface area contributed by atoms with Crippen LogP contribution >= 0.6 is 11.8 Å². The monoisotopic (exact) mass is 410 g/mol. The lowest BCUT2D eigenvalue weighted by Crippen LogP contribution is -2.32. The maximum absolute atomic E-state index is 13.2. The number of amides is 1. The van der Waals surface area contributed by atoms with Gasteiger partial charge in [-0.3, -0.25) is 4.79 Å². The molecule has 1 aromatic heterocycles. The summed E-state index contributed by atoms with van der Waals surface area (Å²) in [5.41, 5.74) is 1.88. The van der Waals surface area contributed by atoms with Gasteiger partial charge in [0, 0.05) is 18.2 Å². The Balaban J connectivity index is 1.49. The molecule has 0 unspecified atom stereocenters. The maximum atomic E-state index is 13.2. The van der Waals surface area contributed by atoms with Crippen LogP contribution in [0.25, 0.3) is 0 Å². The lowest BCUT2D eigenvalue weighted by atomic mass is 10.2. The van der Waals surface area contributed by atoms with Gasteiger partial charge < -0.3 is 9.47 Å². The molecule has 1 heterocycles. The Kier molecular flexibility index (Phi) is 5.94. The first kappa shape index (κ1) is 19.6. The van der Waals surface area contributed by atoms with Crippen molar-refractivity contribution >= 4 is 23.4 Å². The van der Waals surface area contributed by atoms with Gasteiger partial charge in [0.2, 0.25) is 5.91 Å². The van der Waals surface area contributed by atoms with Gasteiger partial charge in [0.25, 0.3) is 0 Å². The molecular weight excluding hydrogens is 387 g/mol. The molecule has 150 valence electrons. The van der Waals surface area contributed by atoms with E-state index in [1.165, 1.54) is 29.5 Å². The minimum Gasteiger partial charge on any atom is -0.312 e. The molecule has 5 nitrogen and oxygen atoms in total. The highest BCUT2D eigenvalue weighted by molar-refractivity contribution is 7.99. The molecule has 0 saturated heterocycles. The van der Waals surface area contributed by atoms with Crippen molar-refractivity contribution in [2.45, 2.75) is 37.4 Å². The van der Waals surface area contributed by atoms with Crippen molar-refractivity contribution in [3.05, 3.63) is 71.8 Å². The van der Waals surface area contributed by atoms with E-state index in [1.54, 1.807) is 17.0 Å². The van der Waals surface area contributed by atoms with Gasteiger partial charge in [-0.15, -0.1) is 10.2 Å². The second kappa shape index (κ2) is 8.78. The molecule has 7 heteroatoms. The van der Waals surface area contributed by atoms with Crippen LogP contribution in [0.5, 0.6) is 0 Å². The Labute approximate surface area is 173 Å². The van der Waals surface area contributed by atoms with E-state index in [0.29, 0.717) is 24.7 Å². The summed E-state index contributed by atoms with van der Waals surface area (Å²) in [4.78, 5) is 14.5. The zero-order valence-electron chi connectivity index (χ0n) is 16.3. The fourth-order valence-electron chi connectivity index (χ4n) is 3.29. The predicted octanol–water partition coefficient (Wildman–Crippen LogP) is 4.49. The van der Waals surface area contributed by atoms with Gasteiger partial charge in [0.1, 0.15) is 11.6 Å². The van der Waals surface area contributed by atoms with Crippen molar-refractivity contribution in [1.29, 1.82) is 0 Å². The molecule has 0 N–H and O–H groups in total. The van der Waals surface area contributed by atoms with Crippen LogP contribution < -0.4 is 4.90 Å². The number of carbonyl (C=O) groups is 1. The van der Waals surface area contributed by atoms with E-state index in [1.807, 2.05) is 25.1 Å². The van der Waals surface area contributed by atoms with E-state index in [4.69, 9.17) is 0 Å². The summed E-state index contributed by atoms with van der Waals surface area (Å²) in [5, 5.41) is 9.54. The van der Waals surface area contributed by atoms with E-state index in [9.17, 15) is 9.18 Å². The van der Waals surface area contributed by atoms with Gasteiger partial charge in [-0.05, 0) is 49.6 Å². The first-order valence-electron chi connectivity index (χ1n) is 9.81. The van der Waals surface area contributed by atoms with Gasteiger partial charge in [0.05, 0.1) is 12.3 Å². The number of thioether (sulfide) groups is 1. The minimum absolute atomic E-state index is 0.0358. The van der Waals surface area contributed by atoms with Crippen LogP contribution in [0.1, 0.15) is 37.1 Å². The lowest BCUT2D eigenvalue weighted by Gasteiger charge is -2.21. The molecule has 0 radical (unpaired) electrons. The Morgan fingerprint density at radius 1 is 1.14 bits per heavy atom. The smallest absolute Gasteiger partial charge is 0.237 e. The van der Waals surface area contributed by atoms with Gasteiger partial charge in [-0.1, -0.05) is 42.1 Å². The first-order valence-corrected chi connectivity index (χ1v) is 10.8. The van der Waals surface area contributed by atoms with E-state index in [0.717, 1.165) is 23.8 Å². The normalized spacial score (nSPS) is 13.4. The van der Waals surface area contributed by atoms with Gasteiger partial charge in [-0.25, -0.2) is 4.39 Å². The summed E-state index contributed by atoms with van der Waals surface area (Å²) < 4.78 is 15.3. The van der Waals surface area contributed by atoms with Gasteiger partial charge in [0.15, 0.2) is 5.16 Å². The van der Waals surface area contributed by atoms with Crippen molar-refractivity contribution in [3.63, 3.8) is 0 Å². The SMILES string of the molecule is CCN(C(=O)CSc1nnc(C2CC2)n1Cc1ccccc1)c1ccc(F)cc1. The highest BCUT2D eigenvalue weighted by atomic mass is 32.2. The van der Waals surface area contributed by atoms with Crippen LogP contribution in [0.15, 0.2) is 59.8 Å². The molecule has 1 amide bonds. The number of carbonyl (C=O) groups excluding carboxylic acids is 1. The fraction of sp³-hybridized carbons (Fsp3) is 0.318. The quantitative estimate of drug-likeness (QED) is 0.514. The second-order valence-corrected chi connectivity index (χ2v) is 8.03. The molecule has 0 bridgehead atoms. The number of rotatable bonds is 8. The number of anilines is 1. The van der Waals surface area contributed by atoms with Crippen molar-refractivity contribution in [1.82, 2.24) is 14.8 Å². The number of hydrogen-bond acceptors (Lipinski definition) is 4. The molecule has 3 aromatic rings. The lowest BCUT2D eigenvalue weighted by molar-refractivity contribution is -0.116. The molecule has 0 spiro atoms. The molecule has 1 aliphatic rings. The van der Waals surface area contributed by atoms with Crippen LogP contribution in [0.2, 0.25) is 0 Å². The van der Waals surface area contributed by atoms with Crippen LogP contribution in [-0.4, -0.2) is 33.0 Å². The zero-order valence-corrected chi connectivity index (χ0v) is 17.1. The summed E-state index contributed by atoms with van der Waals surface area (Å²) in [7, 11) is 0. The van der Waals surface area contributed by atoms with Crippen molar-refractivity contribution < 1.29 is 9.18 Å². The third kappa shape index (κ3) is 4.67. The third-order valence-electron chi connectivity index (χ3n) is 4.95. The van der Waals surface area contributed by atoms with Crippen LogP contribution in [0.4, 0.5) is 10.1 Å². The Hall–Kier alpha value is -2.67. The second-order valence-electron chi connectivity index (χ2n) is 7.09. The summed E-state index contributed by atoms with van der Waals surface area (Å²) in [6.07, 6.45) is 2.29. The van der Waals surface area contributed by atoms with E-state index in [-0.39, 0.29) is 17.5 Å². The molecule has 0 aliphatic heterocycles. The first-order chi connectivity index (χ1) is 14.2. The standard InChI is InChI=1S/C22H23FN4OS/c1-2-26(19-12-10-18(23)11-13-19)20(28)15-29-22-25-24-21(17-8-9-17)27(22)14-16-6-4-3-5-7-16/h3-7,10-13,17H,2,8-9,14-15H2,1H3. The summed E-state index contributed by atoms with van der Waals surface area (Å²) in [6, 6.07) is 16.2. The fourth-order valence-corrected chi connectivity index (χ4v) is 4.11. The molecule has 0 atom stereocenters. The van der Waals surface area contributed by atoms with Crippen LogP contribution in [0.3, 0.4) is 0 Å². The van der Waals surface area contributed by atoms with Crippen LogP contribution in [0, 0.1) is 5.82 Å². The van der Waals surface area contributed by atoms with E-state index in [2.05, 4.69) is 26.9 Å². The maximum Gasteiger partial charge on any atom is 0.237 e. The van der Waals surface area contributed by atoms with E-state index < -0.39 is 0 Å². The number of nitrogens with zero attached hydrogens (tertiary/aromatic N) is 4. The zero-order chi connectivity index (χ0) is 20.2. The summed E-state index contributed by atoms with van der Waals surface area (Å²) >= 11 is 1.41. The number of benzene rings is 2. The molecule has 1 saturated carbocycles. The molecule has 1 aliphatic carbocycles. The average molecular weight is 411 g/mol. The van der Waals surface area contributed by atoms with Gasteiger partial charge in [-0.2, -0.15) is 0 Å². The Bertz CT molecular complexity index is 970. The number of halogens is 1. The van der Waals surface area contributed by atoms with E-state index >= 15 is 0 Å². The Morgan fingerprint density at radius 2 is 1.86 bits per heavy atom. The number of aromatic nitrogens is 3. The van der Waals surface area contributed by atoms with Gasteiger partial charge >= 0.3 is 0 Å². The minimum atomic E-state index is -0.312. The molecule has 1 fully saturated rings. The summed E-state index contributed by atoms with van der Waals surface area (Å²) in [6.45, 7) is 3.13. The van der Waals surface area contributed by atoms with Crippen LogP contribution in [-0.2, 0) is 11.3 Å². The molecule has 2 aromatic carbocycles. The van der Waals surface area contributed by atoms with Crippen molar-refractivity contribution in [2.75, 3.05) is 17.2 Å².